The minimum Gasteiger partial charge on any atom is -0.496 e. The van der Waals surface area contributed by atoms with Crippen LogP contribution in [0.4, 0.5) is 0 Å². The first-order valence-corrected chi connectivity index (χ1v) is 9.74. The topological polar surface area (TPSA) is 92.7 Å². The number of carboxylic acids is 1. The summed E-state index contributed by atoms with van der Waals surface area (Å²) in [5.74, 6) is -0.753. The zero-order chi connectivity index (χ0) is 17.5. The quantitative estimate of drug-likeness (QED) is 0.794. The van der Waals surface area contributed by atoms with Crippen molar-refractivity contribution in [2.24, 2.45) is 0 Å². The molecule has 2 atom stereocenters. The Morgan fingerprint density at radius 3 is 2.83 bits per heavy atom. The largest absolute Gasteiger partial charge is 0.496 e. The number of aromatic carboxylic acids is 1. The number of carbonyl (C=O) groups is 1. The number of thiophene rings is 1. The van der Waals surface area contributed by atoms with E-state index >= 15 is 0 Å². The SMILES string of the molecule is COc1cccc(Cl)c1[C@@H]1C[C@H]1NS(=O)(=O)c1ccsc1C(=O)O. The number of ether oxygens (including phenoxy) is 1. The molecule has 1 heterocycles. The van der Waals surface area contributed by atoms with Gasteiger partial charge in [-0.3, -0.25) is 0 Å². The van der Waals surface area contributed by atoms with Crippen LogP contribution in [-0.4, -0.2) is 32.6 Å². The molecule has 0 spiro atoms. The van der Waals surface area contributed by atoms with Gasteiger partial charge in [0, 0.05) is 22.5 Å². The summed E-state index contributed by atoms with van der Waals surface area (Å²) in [5.41, 5.74) is 0.762. The third-order valence-corrected chi connectivity index (χ3v) is 6.71. The van der Waals surface area contributed by atoms with Crippen LogP contribution in [0.3, 0.4) is 0 Å². The predicted octanol–water partition coefficient (Wildman–Crippen LogP) is 2.94. The van der Waals surface area contributed by atoms with E-state index in [-0.39, 0.29) is 21.7 Å². The molecule has 0 saturated heterocycles. The molecule has 1 fully saturated rings. The van der Waals surface area contributed by atoms with Crippen molar-refractivity contribution in [3.8, 4) is 5.75 Å². The first kappa shape index (κ1) is 17.2. The molecule has 0 radical (unpaired) electrons. The van der Waals surface area contributed by atoms with Crippen LogP contribution >= 0.6 is 22.9 Å². The number of carboxylic acid groups (broad SMARTS) is 1. The van der Waals surface area contributed by atoms with E-state index in [1.807, 2.05) is 0 Å². The number of hydrogen-bond acceptors (Lipinski definition) is 5. The Morgan fingerprint density at radius 1 is 1.42 bits per heavy atom. The second-order valence-corrected chi connectivity index (χ2v) is 8.35. The number of halogens is 1. The van der Waals surface area contributed by atoms with Gasteiger partial charge >= 0.3 is 5.97 Å². The van der Waals surface area contributed by atoms with Gasteiger partial charge in [-0.2, -0.15) is 0 Å². The molecule has 24 heavy (non-hydrogen) atoms. The van der Waals surface area contributed by atoms with Crippen LogP contribution in [0.2, 0.25) is 5.02 Å². The van der Waals surface area contributed by atoms with Gasteiger partial charge in [0.1, 0.15) is 15.5 Å². The van der Waals surface area contributed by atoms with Gasteiger partial charge in [-0.25, -0.2) is 17.9 Å². The second kappa shape index (κ2) is 6.36. The average molecular weight is 388 g/mol. The Bertz CT molecular complexity index is 893. The molecule has 2 N–H and O–H groups in total. The lowest BCUT2D eigenvalue weighted by molar-refractivity contribution is 0.0698. The Kier molecular flexibility index (Phi) is 4.56. The summed E-state index contributed by atoms with van der Waals surface area (Å²) in [6.45, 7) is 0. The fourth-order valence-corrected chi connectivity index (χ4v) is 5.48. The molecule has 1 aliphatic rings. The molecule has 1 aliphatic carbocycles. The molecule has 1 saturated carbocycles. The molecule has 0 aliphatic heterocycles. The van der Waals surface area contributed by atoms with Crippen LogP contribution in [0, 0.1) is 0 Å². The minimum atomic E-state index is -3.91. The molecule has 6 nitrogen and oxygen atoms in total. The summed E-state index contributed by atoms with van der Waals surface area (Å²) >= 11 is 7.09. The summed E-state index contributed by atoms with van der Waals surface area (Å²) in [6.07, 6.45) is 0.575. The maximum Gasteiger partial charge on any atom is 0.347 e. The zero-order valence-electron chi connectivity index (χ0n) is 12.5. The summed E-state index contributed by atoms with van der Waals surface area (Å²) < 4.78 is 32.8. The van der Waals surface area contributed by atoms with Gasteiger partial charge in [-0.1, -0.05) is 17.7 Å². The molecule has 9 heteroatoms. The average Bonchev–Trinajstić information content (AvgIpc) is 3.06. The Hall–Kier alpha value is -1.61. The monoisotopic (exact) mass is 387 g/mol. The van der Waals surface area contributed by atoms with E-state index in [1.54, 1.807) is 18.2 Å². The molecule has 1 aromatic carbocycles. The molecule has 0 unspecified atom stereocenters. The summed E-state index contributed by atoms with van der Waals surface area (Å²) in [7, 11) is -2.38. The number of sulfonamides is 1. The van der Waals surface area contributed by atoms with E-state index in [4.69, 9.17) is 21.4 Å². The summed E-state index contributed by atoms with van der Waals surface area (Å²) in [6, 6.07) is 6.21. The first-order chi connectivity index (χ1) is 11.3. The highest BCUT2D eigenvalue weighted by Crippen LogP contribution is 2.48. The molecule has 1 aromatic heterocycles. The number of hydrogen-bond donors (Lipinski definition) is 2. The van der Waals surface area contributed by atoms with Crippen molar-refractivity contribution in [2.45, 2.75) is 23.3 Å². The molecular weight excluding hydrogens is 374 g/mol. The van der Waals surface area contributed by atoms with Crippen LogP contribution in [0.15, 0.2) is 34.5 Å². The molecule has 0 amide bonds. The highest BCUT2D eigenvalue weighted by molar-refractivity contribution is 7.89. The van der Waals surface area contributed by atoms with Crippen molar-refractivity contribution in [1.29, 1.82) is 0 Å². The number of benzene rings is 1. The van der Waals surface area contributed by atoms with Gasteiger partial charge in [0.15, 0.2) is 0 Å². The van der Waals surface area contributed by atoms with Crippen LogP contribution in [0.5, 0.6) is 5.75 Å². The second-order valence-electron chi connectivity index (χ2n) is 5.34. The molecule has 3 rings (SSSR count). The first-order valence-electron chi connectivity index (χ1n) is 7.00. The number of rotatable bonds is 6. The number of methoxy groups -OCH3 is 1. The predicted molar refractivity (Wildman–Crippen MR) is 90.7 cm³/mol. The minimum absolute atomic E-state index is 0.102. The van der Waals surface area contributed by atoms with Crippen LogP contribution < -0.4 is 9.46 Å². The molecule has 2 aromatic rings. The van der Waals surface area contributed by atoms with Crippen molar-refractivity contribution in [1.82, 2.24) is 4.72 Å². The van der Waals surface area contributed by atoms with Gasteiger partial charge in [0.2, 0.25) is 10.0 Å². The highest BCUT2D eigenvalue weighted by atomic mass is 35.5. The molecule has 128 valence electrons. The summed E-state index contributed by atoms with van der Waals surface area (Å²) in [4.78, 5) is 10.7. The smallest absolute Gasteiger partial charge is 0.347 e. The van der Waals surface area contributed by atoms with Gasteiger partial charge in [0.25, 0.3) is 0 Å². The maximum absolute atomic E-state index is 12.5. The Balaban J connectivity index is 1.82. The van der Waals surface area contributed by atoms with Gasteiger partial charge in [0.05, 0.1) is 7.11 Å². The van der Waals surface area contributed by atoms with Crippen LogP contribution in [-0.2, 0) is 10.0 Å². The van der Waals surface area contributed by atoms with Gasteiger partial charge in [-0.15, -0.1) is 11.3 Å². The van der Waals surface area contributed by atoms with E-state index in [9.17, 15) is 13.2 Å². The normalized spacial score (nSPS) is 19.9. The lowest BCUT2D eigenvalue weighted by atomic mass is 10.1. The van der Waals surface area contributed by atoms with E-state index < -0.39 is 16.0 Å². The Morgan fingerprint density at radius 2 is 2.17 bits per heavy atom. The molecule has 0 bridgehead atoms. The maximum atomic E-state index is 12.5. The van der Waals surface area contributed by atoms with Gasteiger partial charge < -0.3 is 9.84 Å². The van der Waals surface area contributed by atoms with E-state index in [0.29, 0.717) is 17.2 Å². The van der Waals surface area contributed by atoms with E-state index in [1.165, 1.54) is 18.6 Å². The van der Waals surface area contributed by atoms with E-state index in [0.717, 1.165) is 16.9 Å². The Labute approximate surface area is 148 Å². The fraction of sp³-hybridized carbons (Fsp3) is 0.267. The highest BCUT2D eigenvalue weighted by Gasteiger charge is 2.44. The molecular formula is C15H14ClNO5S2. The van der Waals surface area contributed by atoms with Crippen LogP contribution in [0.25, 0.3) is 0 Å². The van der Waals surface area contributed by atoms with E-state index in [2.05, 4.69) is 4.72 Å². The third-order valence-electron chi connectivity index (χ3n) is 3.81. The van der Waals surface area contributed by atoms with Crippen molar-refractivity contribution in [2.75, 3.05) is 7.11 Å². The third kappa shape index (κ3) is 3.14. The lowest BCUT2D eigenvalue weighted by Crippen LogP contribution is -2.27. The van der Waals surface area contributed by atoms with Gasteiger partial charge in [-0.05, 0) is 30.0 Å². The lowest BCUT2D eigenvalue weighted by Gasteiger charge is -2.11. The fourth-order valence-electron chi connectivity index (χ4n) is 2.63. The van der Waals surface area contributed by atoms with Crippen LogP contribution in [0.1, 0.15) is 27.6 Å². The number of nitrogens with one attached hydrogen (secondary N) is 1. The summed E-state index contributed by atoms with van der Waals surface area (Å²) in [5, 5.41) is 11.0. The van der Waals surface area contributed by atoms with Crippen molar-refractivity contribution in [3.05, 3.63) is 45.1 Å². The van der Waals surface area contributed by atoms with Crippen molar-refractivity contribution in [3.63, 3.8) is 0 Å². The van der Waals surface area contributed by atoms with Crippen molar-refractivity contribution < 1.29 is 23.1 Å². The standard InChI is InChI=1S/C15H14ClNO5S2/c1-22-11-4-2-3-9(16)13(11)8-7-10(8)17-24(20,21)12-5-6-23-14(12)15(18)19/h2-6,8,10,17H,7H2,1H3,(H,18,19)/t8-,10-/m1/s1. The zero-order valence-corrected chi connectivity index (χ0v) is 14.9. The van der Waals surface area contributed by atoms with Crippen molar-refractivity contribution >= 4 is 38.9 Å².